The van der Waals surface area contributed by atoms with Gasteiger partial charge in [-0.05, 0) is 42.5 Å². The topological polar surface area (TPSA) is 65.1 Å². The zero-order valence-electron chi connectivity index (χ0n) is 19.0. The molecule has 0 N–H and O–H groups in total. The minimum Gasteiger partial charge on any atom is -0.311 e. The van der Waals surface area contributed by atoms with E-state index in [1.54, 1.807) is 7.05 Å². The smallest absolute Gasteiger partial charge is 0.311 e. The highest BCUT2D eigenvalue weighted by Crippen LogP contribution is 2.36. The van der Waals surface area contributed by atoms with Gasteiger partial charge >= 0.3 is 5.69 Å². The van der Waals surface area contributed by atoms with Crippen molar-refractivity contribution in [2.75, 3.05) is 11.4 Å². The lowest BCUT2D eigenvalue weighted by Gasteiger charge is -2.34. The molecule has 33 heavy (non-hydrogen) atoms. The molecule has 0 amide bonds. The van der Waals surface area contributed by atoms with Crippen molar-refractivity contribution in [3.8, 4) is 0 Å². The summed E-state index contributed by atoms with van der Waals surface area (Å²) in [6, 6.07) is 15.7. The summed E-state index contributed by atoms with van der Waals surface area (Å²) < 4.78 is 4.78. The Bertz CT molecular complexity index is 1470. The molecule has 0 saturated carbocycles. The lowest BCUT2D eigenvalue weighted by Crippen LogP contribution is -2.41. The molecule has 2 aromatic heterocycles. The van der Waals surface area contributed by atoms with Crippen molar-refractivity contribution < 1.29 is 0 Å². The lowest BCUT2D eigenvalue weighted by atomic mass is 10.1. The van der Waals surface area contributed by atoms with Crippen LogP contribution >= 0.6 is 11.6 Å². The Morgan fingerprint density at radius 3 is 2.58 bits per heavy atom. The summed E-state index contributed by atoms with van der Waals surface area (Å²) in [5.41, 5.74) is 3.24. The Kier molecular flexibility index (Phi) is 5.37. The molecule has 0 fully saturated rings. The third-order valence-corrected chi connectivity index (χ3v) is 6.85. The molecule has 170 valence electrons. The van der Waals surface area contributed by atoms with E-state index >= 15 is 0 Å². The van der Waals surface area contributed by atoms with E-state index in [2.05, 4.69) is 11.8 Å². The van der Waals surface area contributed by atoms with Gasteiger partial charge in [0.2, 0.25) is 5.95 Å². The molecule has 1 aliphatic rings. The summed E-state index contributed by atoms with van der Waals surface area (Å²) in [6.45, 7) is 5.86. The summed E-state index contributed by atoms with van der Waals surface area (Å²) in [5.74, 6) is 0.948. The maximum atomic E-state index is 13.6. The SMILES string of the molecule is Cc1c(Cl)cccc1N1C[C@@H](C)Cn2c1nc1c2c(=O)n(CCc2ccccc2)c(=O)n1C. The van der Waals surface area contributed by atoms with Crippen molar-refractivity contribution in [3.05, 3.63) is 85.5 Å². The van der Waals surface area contributed by atoms with Crippen LogP contribution in [0.25, 0.3) is 11.2 Å². The Hall–Kier alpha value is -3.32. The normalized spacial score (nSPS) is 15.8. The fourth-order valence-corrected chi connectivity index (χ4v) is 4.85. The molecule has 4 aromatic rings. The summed E-state index contributed by atoms with van der Waals surface area (Å²) >= 11 is 6.40. The van der Waals surface area contributed by atoms with Crippen molar-refractivity contribution in [2.45, 2.75) is 33.4 Å². The van der Waals surface area contributed by atoms with Crippen molar-refractivity contribution in [2.24, 2.45) is 13.0 Å². The van der Waals surface area contributed by atoms with Gasteiger partial charge < -0.3 is 9.47 Å². The largest absolute Gasteiger partial charge is 0.332 e. The van der Waals surface area contributed by atoms with E-state index < -0.39 is 0 Å². The van der Waals surface area contributed by atoms with E-state index in [1.807, 2.05) is 60.0 Å². The number of aryl methyl sites for hydroxylation is 2. The van der Waals surface area contributed by atoms with Gasteiger partial charge in [-0.2, -0.15) is 4.98 Å². The summed E-state index contributed by atoms with van der Waals surface area (Å²) in [6.07, 6.45) is 0.604. The van der Waals surface area contributed by atoms with E-state index in [-0.39, 0.29) is 17.2 Å². The predicted molar refractivity (Wildman–Crippen MR) is 132 cm³/mol. The van der Waals surface area contributed by atoms with Crippen LogP contribution < -0.4 is 16.1 Å². The molecule has 0 bridgehead atoms. The van der Waals surface area contributed by atoms with Crippen LogP contribution in [0.5, 0.6) is 0 Å². The van der Waals surface area contributed by atoms with Crippen LogP contribution in [0.4, 0.5) is 11.6 Å². The van der Waals surface area contributed by atoms with Gasteiger partial charge in [-0.15, -0.1) is 0 Å². The summed E-state index contributed by atoms with van der Waals surface area (Å²) in [7, 11) is 1.68. The molecule has 5 rings (SSSR count). The molecule has 8 heteroatoms. The lowest BCUT2D eigenvalue weighted by molar-refractivity contribution is 0.457. The van der Waals surface area contributed by atoms with E-state index in [1.165, 1.54) is 9.13 Å². The van der Waals surface area contributed by atoms with Crippen LogP contribution in [-0.4, -0.2) is 25.2 Å². The van der Waals surface area contributed by atoms with Gasteiger partial charge in [0, 0.05) is 37.4 Å². The summed E-state index contributed by atoms with van der Waals surface area (Å²) in [5, 5.41) is 0.684. The highest BCUT2D eigenvalue weighted by Gasteiger charge is 2.30. The number of fused-ring (bicyclic) bond motifs is 3. The number of anilines is 2. The molecule has 7 nitrogen and oxygen atoms in total. The quantitative estimate of drug-likeness (QED) is 0.460. The molecule has 0 spiro atoms. The standard InChI is InChI=1S/C25H26ClN5O2/c1-16-14-30(20-11-7-10-19(26)17(20)2)24-27-22-21(31(24)15-16)23(32)29(25(33)28(22)3)13-12-18-8-5-4-6-9-18/h4-11,16H,12-15H2,1-3H3/t16-/m1/s1. The zero-order valence-corrected chi connectivity index (χ0v) is 19.7. The second-order valence-electron chi connectivity index (χ2n) is 8.83. The fourth-order valence-electron chi connectivity index (χ4n) is 4.68. The number of halogens is 1. The van der Waals surface area contributed by atoms with Crippen molar-refractivity contribution in [1.82, 2.24) is 18.7 Å². The van der Waals surface area contributed by atoms with Gasteiger partial charge in [0.25, 0.3) is 5.56 Å². The van der Waals surface area contributed by atoms with Crippen LogP contribution in [0.15, 0.2) is 58.1 Å². The predicted octanol–water partition coefficient (Wildman–Crippen LogP) is 3.89. The molecule has 2 aromatic carbocycles. The van der Waals surface area contributed by atoms with Gasteiger partial charge in [-0.25, -0.2) is 4.79 Å². The molecule has 0 saturated heterocycles. The van der Waals surface area contributed by atoms with E-state index in [4.69, 9.17) is 16.6 Å². The number of rotatable bonds is 4. The number of nitrogens with zero attached hydrogens (tertiary/aromatic N) is 5. The number of hydrogen-bond donors (Lipinski definition) is 0. The van der Waals surface area contributed by atoms with E-state index in [9.17, 15) is 9.59 Å². The van der Waals surface area contributed by atoms with Gasteiger partial charge in [-0.3, -0.25) is 13.9 Å². The second kappa shape index (κ2) is 8.23. The van der Waals surface area contributed by atoms with Gasteiger partial charge in [-0.1, -0.05) is 54.9 Å². The zero-order chi connectivity index (χ0) is 23.3. The first kappa shape index (κ1) is 21.5. The van der Waals surface area contributed by atoms with E-state index in [0.717, 1.165) is 23.4 Å². The Morgan fingerprint density at radius 2 is 1.82 bits per heavy atom. The molecule has 0 unspecified atom stereocenters. The van der Waals surface area contributed by atoms with Crippen LogP contribution in [-0.2, 0) is 26.6 Å². The molecule has 0 radical (unpaired) electrons. The molecular formula is C25H26ClN5O2. The maximum Gasteiger partial charge on any atom is 0.332 e. The number of benzene rings is 2. The van der Waals surface area contributed by atoms with Crippen molar-refractivity contribution in [3.63, 3.8) is 0 Å². The number of imidazole rings is 1. The average Bonchev–Trinajstić information content (AvgIpc) is 3.19. The third kappa shape index (κ3) is 3.56. The molecule has 1 atom stereocenters. The van der Waals surface area contributed by atoms with E-state index in [0.29, 0.717) is 41.6 Å². The Labute approximate surface area is 196 Å². The molecule has 1 aliphatic heterocycles. The first-order chi connectivity index (χ1) is 15.9. The van der Waals surface area contributed by atoms with Crippen molar-refractivity contribution in [1.29, 1.82) is 0 Å². The second-order valence-corrected chi connectivity index (χ2v) is 9.24. The first-order valence-corrected chi connectivity index (χ1v) is 11.5. The first-order valence-electron chi connectivity index (χ1n) is 11.1. The highest BCUT2D eigenvalue weighted by atomic mass is 35.5. The van der Waals surface area contributed by atoms with Crippen LogP contribution in [0, 0.1) is 12.8 Å². The fraction of sp³-hybridized carbons (Fsp3) is 0.320. The number of hydrogen-bond acceptors (Lipinski definition) is 4. The average molecular weight is 464 g/mol. The highest BCUT2D eigenvalue weighted by molar-refractivity contribution is 6.31. The van der Waals surface area contributed by atoms with Gasteiger partial charge in [0.05, 0.1) is 0 Å². The van der Waals surface area contributed by atoms with Crippen LogP contribution in [0.3, 0.4) is 0 Å². The van der Waals surface area contributed by atoms with Crippen LogP contribution in [0.2, 0.25) is 5.02 Å². The minimum atomic E-state index is -0.350. The maximum absolute atomic E-state index is 13.6. The Morgan fingerprint density at radius 1 is 1.06 bits per heavy atom. The van der Waals surface area contributed by atoms with Gasteiger partial charge in [0.1, 0.15) is 0 Å². The monoisotopic (exact) mass is 463 g/mol. The Balaban J connectivity index is 1.67. The van der Waals surface area contributed by atoms with Crippen LogP contribution in [0.1, 0.15) is 18.1 Å². The van der Waals surface area contributed by atoms with Crippen molar-refractivity contribution >= 4 is 34.4 Å². The molecule has 3 heterocycles. The molecular weight excluding hydrogens is 438 g/mol. The molecule has 0 aliphatic carbocycles. The third-order valence-electron chi connectivity index (χ3n) is 6.44. The number of aromatic nitrogens is 4. The summed E-state index contributed by atoms with van der Waals surface area (Å²) in [4.78, 5) is 33.6. The van der Waals surface area contributed by atoms with Gasteiger partial charge in [0.15, 0.2) is 11.2 Å². The minimum absolute atomic E-state index is 0.280.